The van der Waals surface area contributed by atoms with E-state index in [4.69, 9.17) is 24.6 Å². The minimum atomic E-state index is -1.63. The highest BCUT2D eigenvalue weighted by molar-refractivity contribution is 6.56. The van der Waals surface area contributed by atoms with E-state index in [0.717, 1.165) is 5.19 Å². The molecule has 120 valence electrons. The van der Waals surface area contributed by atoms with Gasteiger partial charge in [-0.15, -0.1) is 0 Å². The average molecular weight is 314 g/mol. The normalized spacial score (nSPS) is 12.3. The second-order valence-electron chi connectivity index (χ2n) is 6.11. The van der Waals surface area contributed by atoms with Crippen molar-refractivity contribution in [2.75, 3.05) is 0 Å². The largest absolute Gasteiger partial charge is 0.622 e. The average Bonchev–Trinajstić information content (AvgIpc) is 2.29. The van der Waals surface area contributed by atoms with Gasteiger partial charge in [-0.2, -0.15) is 0 Å². The molecule has 0 bridgehead atoms. The van der Waals surface area contributed by atoms with Gasteiger partial charge in [0, 0.05) is 0 Å². The Morgan fingerprint density at radius 1 is 1.00 bits per heavy atom. The van der Waals surface area contributed by atoms with Gasteiger partial charge in [0.1, 0.15) is 0 Å². The van der Waals surface area contributed by atoms with Gasteiger partial charge in [-0.25, -0.2) is 0 Å². The second kappa shape index (κ2) is 8.07. The second-order valence-corrected chi connectivity index (χ2v) is 7.50. The van der Waals surface area contributed by atoms with Gasteiger partial charge in [0.05, 0.1) is 11.2 Å². The fraction of sp³-hybridized carbons (Fsp3) is 0.571. The lowest BCUT2D eigenvalue weighted by Crippen LogP contribution is -2.44. The number of hydrogen-bond donors (Lipinski definition) is 4. The van der Waals surface area contributed by atoms with Crippen LogP contribution in [0, 0.1) is 13.8 Å². The third kappa shape index (κ3) is 7.75. The van der Waals surface area contributed by atoms with Crippen molar-refractivity contribution in [2.45, 2.75) is 52.7 Å². The number of hydrogen-bond acceptors (Lipinski definition) is 5. The van der Waals surface area contributed by atoms with Crippen LogP contribution in [0.1, 0.15) is 38.8 Å². The van der Waals surface area contributed by atoms with Crippen LogP contribution in [0.5, 0.6) is 0 Å². The minimum absolute atomic E-state index is 1.01. The quantitative estimate of drug-likeness (QED) is 0.564. The molecule has 0 amide bonds. The van der Waals surface area contributed by atoms with Crippen molar-refractivity contribution in [3.8, 4) is 0 Å². The Labute approximate surface area is 129 Å². The van der Waals surface area contributed by atoms with Gasteiger partial charge in [-0.05, 0) is 57.9 Å². The van der Waals surface area contributed by atoms with E-state index in [-0.39, 0.29) is 0 Å². The van der Waals surface area contributed by atoms with Gasteiger partial charge < -0.3 is 24.6 Å². The topological polar surface area (TPSA) is 90.2 Å². The van der Waals surface area contributed by atoms with Crippen LogP contribution in [-0.4, -0.2) is 48.5 Å². The Morgan fingerprint density at radius 2 is 1.48 bits per heavy atom. The van der Waals surface area contributed by atoms with Crippen LogP contribution in [0.25, 0.3) is 0 Å². The molecular weight excluding hydrogens is 287 g/mol. The minimum Gasteiger partial charge on any atom is -0.429 e. The van der Waals surface area contributed by atoms with Crippen LogP contribution >= 0.6 is 0 Å². The van der Waals surface area contributed by atoms with Crippen LogP contribution in [0.2, 0.25) is 0 Å². The molecular formula is C14H27BO5Si. The zero-order chi connectivity index (χ0) is 16.8. The van der Waals surface area contributed by atoms with Crippen molar-refractivity contribution in [1.29, 1.82) is 0 Å². The van der Waals surface area contributed by atoms with E-state index in [0.29, 0.717) is 0 Å². The first kappa shape index (κ1) is 20.3. The Bertz CT molecular complexity index is 426. The first-order chi connectivity index (χ1) is 9.36. The molecule has 0 aliphatic carbocycles. The van der Waals surface area contributed by atoms with E-state index < -0.39 is 28.3 Å². The molecule has 0 fully saturated rings. The standard InChI is InChI=1S/C8H13BO3Si.C6H14O2/c1-6-4-3-5-8(7(6)2)13-12-9(10)11;1-5(2,7)6(3,4)8/h3-5,10-11H,13H2,1-2H3;7-8H,1-4H3. The van der Waals surface area contributed by atoms with Gasteiger partial charge in [-0.3, -0.25) is 0 Å². The van der Waals surface area contributed by atoms with Crippen LogP contribution in [0.4, 0.5) is 0 Å². The van der Waals surface area contributed by atoms with Crippen LogP contribution in [-0.2, 0) is 4.34 Å². The fourth-order valence-electron chi connectivity index (χ4n) is 1.13. The predicted octanol–water partition coefficient (Wildman–Crippen LogP) is -0.473. The zero-order valence-electron chi connectivity index (χ0n) is 13.7. The number of rotatable bonds is 4. The van der Waals surface area contributed by atoms with Crippen LogP contribution in [0.3, 0.4) is 0 Å². The zero-order valence-corrected chi connectivity index (χ0v) is 15.1. The highest BCUT2D eigenvalue weighted by Crippen LogP contribution is 2.19. The highest BCUT2D eigenvalue weighted by atomic mass is 28.2. The smallest absolute Gasteiger partial charge is 0.429 e. The van der Waals surface area contributed by atoms with Gasteiger partial charge in [0.25, 0.3) is 0 Å². The van der Waals surface area contributed by atoms with E-state index in [2.05, 4.69) is 0 Å². The summed E-state index contributed by atoms with van der Waals surface area (Å²) in [5.74, 6) is 0. The first-order valence-corrected chi connectivity index (χ1v) is 8.12. The summed E-state index contributed by atoms with van der Waals surface area (Å²) in [5, 5.41) is 36.4. The molecule has 0 heterocycles. The number of aryl methyl sites for hydroxylation is 1. The SMILES string of the molecule is CC(C)(O)C(C)(C)O.Cc1cccc([SiH2]OB(O)O)c1C. The monoisotopic (exact) mass is 314 g/mol. The van der Waals surface area contributed by atoms with Crippen molar-refractivity contribution >= 4 is 22.3 Å². The Morgan fingerprint density at radius 3 is 1.86 bits per heavy atom. The van der Waals surface area contributed by atoms with E-state index in [1.54, 1.807) is 27.7 Å². The third-order valence-corrected chi connectivity index (χ3v) is 5.14. The van der Waals surface area contributed by atoms with E-state index >= 15 is 0 Å². The molecule has 21 heavy (non-hydrogen) atoms. The molecule has 1 aromatic carbocycles. The van der Waals surface area contributed by atoms with Crippen molar-refractivity contribution in [1.82, 2.24) is 0 Å². The molecule has 0 spiro atoms. The number of benzene rings is 1. The summed E-state index contributed by atoms with van der Waals surface area (Å²) in [4.78, 5) is 0. The van der Waals surface area contributed by atoms with Crippen molar-refractivity contribution in [3.05, 3.63) is 29.3 Å². The van der Waals surface area contributed by atoms with Gasteiger partial charge >= 0.3 is 7.32 Å². The summed E-state index contributed by atoms with van der Waals surface area (Å²) in [6.07, 6.45) is 0. The van der Waals surface area contributed by atoms with Gasteiger partial charge in [0.15, 0.2) is 9.76 Å². The molecule has 0 aliphatic rings. The van der Waals surface area contributed by atoms with Crippen molar-refractivity contribution < 1.29 is 24.6 Å². The van der Waals surface area contributed by atoms with Gasteiger partial charge in [0.2, 0.25) is 0 Å². The van der Waals surface area contributed by atoms with Crippen LogP contribution in [0.15, 0.2) is 18.2 Å². The van der Waals surface area contributed by atoms with E-state index in [1.165, 1.54) is 11.1 Å². The predicted molar refractivity (Wildman–Crippen MR) is 88.0 cm³/mol. The molecule has 0 aliphatic heterocycles. The summed E-state index contributed by atoms with van der Waals surface area (Å²) in [6.45, 7) is 10.4. The molecule has 1 rings (SSSR count). The first-order valence-electron chi connectivity index (χ1n) is 6.84. The Kier molecular flexibility index (Phi) is 7.80. The molecule has 5 nitrogen and oxygen atoms in total. The lowest BCUT2D eigenvalue weighted by Gasteiger charge is -2.31. The Balaban J connectivity index is 0.000000433. The molecule has 0 saturated carbocycles. The molecule has 1 aromatic rings. The molecule has 0 saturated heterocycles. The summed E-state index contributed by atoms with van der Waals surface area (Å²) in [6, 6.07) is 5.96. The maximum atomic E-state index is 9.10. The van der Waals surface area contributed by atoms with Crippen molar-refractivity contribution in [2.24, 2.45) is 0 Å². The highest BCUT2D eigenvalue weighted by Gasteiger charge is 2.31. The summed E-state index contributed by atoms with van der Waals surface area (Å²) in [5.41, 5.74) is 0.385. The molecule has 0 aromatic heterocycles. The fourth-order valence-corrected chi connectivity index (χ4v) is 2.19. The summed E-state index contributed by atoms with van der Waals surface area (Å²) in [7, 11) is -2.64. The van der Waals surface area contributed by atoms with Crippen molar-refractivity contribution in [3.63, 3.8) is 0 Å². The third-order valence-electron chi connectivity index (χ3n) is 3.60. The maximum absolute atomic E-state index is 9.10. The molecule has 7 heteroatoms. The Hall–Kier alpha value is -0.698. The molecule has 0 unspecified atom stereocenters. The summed E-state index contributed by atoms with van der Waals surface area (Å²) >= 11 is 0. The lowest BCUT2D eigenvalue weighted by atomic mass is 9.90. The molecule has 4 N–H and O–H groups in total. The van der Waals surface area contributed by atoms with Gasteiger partial charge in [-0.1, -0.05) is 18.2 Å². The van der Waals surface area contributed by atoms with E-state index in [9.17, 15) is 0 Å². The number of aliphatic hydroxyl groups is 2. The van der Waals surface area contributed by atoms with Crippen LogP contribution < -0.4 is 5.19 Å². The van der Waals surface area contributed by atoms with E-state index in [1.807, 2.05) is 32.0 Å². The maximum Gasteiger partial charge on any atom is 0.622 e. The molecule has 0 atom stereocenters. The lowest BCUT2D eigenvalue weighted by molar-refractivity contribution is -0.107. The summed E-state index contributed by atoms with van der Waals surface area (Å²) < 4.78 is 4.81. The molecule has 0 radical (unpaired) electrons.